The molecule has 0 rings (SSSR count). The van der Waals surface area contributed by atoms with Crippen LogP contribution in [0.15, 0.2) is 12.7 Å². The van der Waals surface area contributed by atoms with Gasteiger partial charge in [0.15, 0.2) is 0 Å². The van der Waals surface area contributed by atoms with E-state index < -0.39 is 12.1 Å². The molecule has 27 heavy (non-hydrogen) atoms. The van der Waals surface area contributed by atoms with Gasteiger partial charge < -0.3 is 19.5 Å². The zero-order valence-electron chi connectivity index (χ0n) is 16.8. The Morgan fingerprint density at radius 3 is 2.44 bits per heavy atom. The summed E-state index contributed by atoms with van der Waals surface area (Å²) in [4.78, 5) is 33.9. The van der Waals surface area contributed by atoms with Gasteiger partial charge in [-0.1, -0.05) is 39.7 Å². The standard InChI is InChI=1S/C20H35NO6/c1-4-7-11-17(5-2)16-27-19(23)12-9-8-10-14-26-20(24)21-13-15-25-18(22)6-3/h6,17H,3-5,7-16H2,1-2H3,(H,21,24). The zero-order chi connectivity index (χ0) is 20.3. The normalized spacial score (nSPS) is 11.3. The molecule has 0 heterocycles. The Morgan fingerprint density at radius 1 is 1.00 bits per heavy atom. The molecule has 1 amide bonds. The molecule has 0 spiro atoms. The molecule has 0 aromatic rings. The fraction of sp³-hybridized carbons (Fsp3) is 0.750. The van der Waals surface area contributed by atoms with E-state index in [0.717, 1.165) is 31.8 Å². The van der Waals surface area contributed by atoms with Gasteiger partial charge in [0.1, 0.15) is 6.61 Å². The summed E-state index contributed by atoms with van der Waals surface area (Å²) in [5, 5.41) is 2.47. The van der Waals surface area contributed by atoms with Crippen LogP contribution in [0.3, 0.4) is 0 Å². The van der Waals surface area contributed by atoms with Crippen molar-refractivity contribution in [1.82, 2.24) is 5.32 Å². The summed E-state index contributed by atoms with van der Waals surface area (Å²) >= 11 is 0. The molecule has 0 saturated carbocycles. The minimum atomic E-state index is -0.554. The van der Waals surface area contributed by atoms with Crippen LogP contribution >= 0.6 is 0 Å². The van der Waals surface area contributed by atoms with Crippen molar-refractivity contribution in [2.75, 3.05) is 26.4 Å². The maximum atomic E-state index is 11.7. The number of carbonyl (C=O) groups excluding carboxylic acids is 3. The molecule has 0 fully saturated rings. The lowest BCUT2D eigenvalue weighted by atomic mass is 10.0. The summed E-state index contributed by atoms with van der Waals surface area (Å²) in [5.74, 6) is -0.228. The summed E-state index contributed by atoms with van der Waals surface area (Å²) in [5.41, 5.74) is 0. The van der Waals surface area contributed by atoms with Crippen molar-refractivity contribution in [1.29, 1.82) is 0 Å². The van der Waals surface area contributed by atoms with E-state index in [2.05, 4.69) is 25.7 Å². The topological polar surface area (TPSA) is 90.9 Å². The molecular weight excluding hydrogens is 350 g/mol. The molecule has 156 valence electrons. The Bertz CT molecular complexity index is 438. The van der Waals surface area contributed by atoms with E-state index in [0.29, 0.717) is 31.8 Å². The molecule has 0 saturated heterocycles. The number of rotatable bonds is 16. The largest absolute Gasteiger partial charge is 0.465 e. The number of esters is 2. The molecule has 1 unspecified atom stereocenters. The Labute approximate surface area is 162 Å². The van der Waals surface area contributed by atoms with Crippen LogP contribution < -0.4 is 5.32 Å². The fourth-order valence-electron chi connectivity index (χ4n) is 2.31. The lowest BCUT2D eigenvalue weighted by Gasteiger charge is -2.14. The highest BCUT2D eigenvalue weighted by molar-refractivity contribution is 5.81. The number of carbonyl (C=O) groups is 3. The Kier molecular flexibility index (Phi) is 16.0. The van der Waals surface area contributed by atoms with Gasteiger partial charge in [0.2, 0.25) is 0 Å². The molecule has 0 aromatic carbocycles. The highest BCUT2D eigenvalue weighted by Gasteiger charge is 2.10. The number of alkyl carbamates (subject to hydrolysis) is 1. The molecule has 7 heteroatoms. The van der Waals surface area contributed by atoms with Crippen LogP contribution in [-0.4, -0.2) is 44.4 Å². The summed E-state index contributed by atoms with van der Waals surface area (Å²) < 4.78 is 15.0. The van der Waals surface area contributed by atoms with Crippen LogP contribution in [0.5, 0.6) is 0 Å². The number of hydrogen-bond acceptors (Lipinski definition) is 6. The summed E-state index contributed by atoms with van der Waals surface area (Å²) in [6.07, 6.45) is 7.55. The maximum Gasteiger partial charge on any atom is 0.407 e. The molecule has 1 atom stereocenters. The molecule has 0 radical (unpaired) electrons. The first kappa shape index (κ1) is 24.9. The highest BCUT2D eigenvalue weighted by atomic mass is 16.6. The van der Waals surface area contributed by atoms with E-state index in [4.69, 9.17) is 14.2 Å². The fourth-order valence-corrected chi connectivity index (χ4v) is 2.31. The second kappa shape index (κ2) is 17.4. The molecule has 0 bridgehead atoms. The molecule has 0 aromatic heterocycles. The Morgan fingerprint density at radius 2 is 1.78 bits per heavy atom. The van der Waals surface area contributed by atoms with Gasteiger partial charge in [0, 0.05) is 12.5 Å². The Hall–Kier alpha value is -2.05. The van der Waals surface area contributed by atoms with Crippen molar-refractivity contribution in [3.05, 3.63) is 12.7 Å². The predicted octanol–water partition coefficient (Wildman–Crippen LogP) is 3.76. The van der Waals surface area contributed by atoms with Gasteiger partial charge in [0.05, 0.1) is 19.8 Å². The number of ether oxygens (including phenoxy) is 3. The second-order valence-corrected chi connectivity index (χ2v) is 6.34. The molecule has 0 aliphatic rings. The molecule has 0 aliphatic heterocycles. The van der Waals surface area contributed by atoms with Crippen LogP contribution in [0.1, 0.15) is 65.2 Å². The molecule has 1 N–H and O–H groups in total. The van der Waals surface area contributed by atoms with Gasteiger partial charge in [-0.15, -0.1) is 0 Å². The number of hydrogen-bond donors (Lipinski definition) is 1. The minimum Gasteiger partial charge on any atom is -0.465 e. The van der Waals surface area contributed by atoms with E-state index >= 15 is 0 Å². The molecule has 0 aliphatic carbocycles. The molecular formula is C20H35NO6. The smallest absolute Gasteiger partial charge is 0.407 e. The maximum absolute atomic E-state index is 11.7. The third kappa shape index (κ3) is 15.9. The number of nitrogens with one attached hydrogen (secondary N) is 1. The van der Waals surface area contributed by atoms with Crippen LogP contribution in [-0.2, 0) is 23.8 Å². The van der Waals surface area contributed by atoms with Gasteiger partial charge in [-0.05, 0) is 31.6 Å². The van der Waals surface area contributed by atoms with E-state index in [-0.39, 0.29) is 25.7 Å². The van der Waals surface area contributed by atoms with Crippen molar-refractivity contribution < 1.29 is 28.6 Å². The molecule has 7 nitrogen and oxygen atoms in total. The average molecular weight is 386 g/mol. The lowest BCUT2D eigenvalue weighted by Crippen LogP contribution is -2.28. The van der Waals surface area contributed by atoms with Crippen LogP contribution in [0.4, 0.5) is 4.79 Å². The first-order valence-corrected chi connectivity index (χ1v) is 9.88. The van der Waals surface area contributed by atoms with Gasteiger partial charge in [-0.25, -0.2) is 9.59 Å². The van der Waals surface area contributed by atoms with Crippen molar-refractivity contribution in [3.8, 4) is 0 Å². The van der Waals surface area contributed by atoms with Gasteiger partial charge in [-0.2, -0.15) is 0 Å². The van der Waals surface area contributed by atoms with Gasteiger partial charge >= 0.3 is 18.0 Å². The van der Waals surface area contributed by atoms with Crippen LogP contribution in [0.25, 0.3) is 0 Å². The average Bonchev–Trinajstić information content (AvgIpc) is 2.67. The van der Waals surface area contributed by atoms with Crippen LogP contribution in [0, 0.1) is 5.92 Å². The second-order valence-electron chi connectivity index (χ2n) is 6.34. The van der Waals surface area contributed by atoms with Crippen molar-refractivity contribution in [2.24, 2.45) is 5.92 Å². The monoisotopic (exact) mass is 385 g/mol. The van der Waals surface area contributed by atoms with Crippen molar-refractivity contribution >= 4 is 18.0 Å². The van der Waals surface area contributed by atoms with E-state index in [1.54, 1.807) is 0 Å². The highest BCUT2D eigenvalue weighted by Crippen LogP contribution is 2.13. The summed E-state index contributed by atoms with van der Waals surface area (Å²) in [6, 6.07) is 0. The zero-order valence-corrected chi connectivity index (χ0v) is 16.8. The van der Waals surface area contributed by atoms with E-state index in [9.17, 15) is 14.4 Å². The Balaban J connectivity index is 3.54. The third-order valence-corrected chi connectivity index (χ3v) is 4.06. The minimum absolute atomic E-state index is 0.0688. The third-order valence-electron chi connectivity index (χ3n) is 4.06. The first-order valence-electron chi connectivity index (χ1n) is 9.88. The van der Waals surface area contributed by atoms with E-state index in [1.165, 1.54) is 6.42 Å². The quantitative estimate of drug-likeness (QED) is 0.188. The van der Waals surface area contributed by atoms with Gasteiger partial charge in [0.25, 0.3) is 0 Å². The first-order chi connectivity index (χ1) is 13.0. The van der Waals surface area contributed by atoms with Crippen molar-refractivity contribution in [3.63, 3.8) is 0 Å². The van der Waals surface area contributed by atoms with Gasteiger partial charge in [-0.3, -0.25) is 4.79 Å². The number of amides is 1. The summed E-state index contributed by atoms with van der Waals surface area (Å²) in [6.45, 7) is 8.60. The predicted molar refractivity (Wildman–Crippen MR) is 103 cm³/mol. The van der Waals surface area contributed by atoms with Crippen molar-refractivity contribution in [2.45, 2.75) is 65.2 Å². The lowest BCUT2D eigenvalue weighted by molar-refractivity contribution is -0.145. The van der Waals surface area contributed by atoms with E-state index in [1.807, 2.05) is 0 Å². The summed E-state index contributed by atoms with van der Waals surface area (Å²) in [7, 11) is 0. The van der Waals surface area contributed by atoms with Crippen LogP contribution in [0.2, 0.25) is 0 Å². The SMILES string of the molecule is C=CC(=O)OCCNC(=O)OCCCCCC(=O)OCC(CC)CCCC. The number of unbranched alkanes of at least 4 members (excludes halogenated alkanes) is 3.